The van der Waals surface area contributed by atoms with Gasteiger partial charge in [0, 0.05) is 28.7 Å². The van der Waals surface area contributed by atoms with Crippen LogP contribution < -0.4 is 18.9 Å². The van der Waals surface area contributed by atoms with Gasteiger partial charge in [-0.05, 0) is 44.2 Å². The molecular weight excluding hydrogens is 404 g/mol. The predicted octanol–water partition coefficient (Wildman–Crippen LogP) is 4.00. The van der Waals surface area contributed by atoms with E-state index in [-0.39, 0.29) is 30.6 Å². The van der Waals surface area contributed by atoms with Gasteiger partial charge in [0.05, 0.1) is 18.1 Å². The highest BCUT2D eigenvalue weighted by molar-refractivity contribution is 5.98. The van der Waals surface area contributed by atoms with Crippen molar-refractivity contribution in [2.45, 2.75) is 13.8 Å². The van der Waals surface area contributed by atoms with Gasteiger partial charge in [-0.25, -0.2) is 0 Å². The van der Waals surface area contributed by atoms with Gasteiger partial charge in [-0.1, -0.05) is 0 Å². The van der Waals surface area contributed by atoms with Crippen LogP contribution >= 0.6 is 0 Å². The van der Waals surface area contributed by atoms with Crippen LogP contribution in [-0.2, 0) is 0 Å². The Morgan fingerprint density at radius 3 is 2.65 bits per heavy atom. The zero-order chi connectivity index (χ0) is 22.1. The normalized spacial score (nSPS) is 12.0. The van der Waals surface area contributed by atoms with Crippen molar-refractivity contribution in [3.8, 4) is 28.7 Å². The van der Waals surface area contributed by atoms with Gasteiger partial charge in [-0.2, -0.15) is 0 Å². The van der Waals surface area contributed by atoms with Crippen molar-refractivity contribution < 1.29 is 28.7 Å². The van der Waals surface area contributed by atoms with Gasteiger partial charge < -0.3 is 23.5 Å². The Hall–Kier alpha value is -4.01. The largest absolute Gasteiger partial charge is 0.496 e. The molecule has 0 unspecified atom stereocenters. The number of carbonyl (C=O) groups is 1. The maximum atomic E-state index is 12.8. The van der Waals surface area contributed by atoms with E-state index in [2.05, 4.69) is 0 Å². The second-order valence-electron chi connectivity index (χ2n) is 6.96. The highest BCUT2D eigenvalue weighted by Crippen LogP contribution is 2.35. The molecule has 4 rings (SSSR count). The van der Waals surface area contributed by atoms with Gasteiger partial charge in [-0.3, -0.25) is 14.9 Å². The van der Waals surface area contributed by atoms with Crippen LogP contribution in [-0.4, -0.2) is 35.8 Å². The Balaban J connectivity index is 1.57. The van der Waals surface area contributed by atoms with Crippen LogP contribution in [0.5, 0.6) is 23.0 Å². The molecule has 0 atom stereocenters. The van der Waals surface area contributed by atoms with E-state index < -0.39 is 4.92 Å². The third-order valence-electron chi connectivity index (χ3n) is 5.07. The monoisotopic (exact) mass is 424 g/mol. The molecular formula is C22H20N2O7. The van der Waals surface area contributed by atoms with Gasteiger partial charge >= 0.3 is 5.69 Å². The van der Waals surface area contributed by atoms with E-state index in [4.69, 9.17) is 18.9 Å². The molecule has 2 aromatic carbocycles. The molecule has 9 nitrogen and oxygen atoms in total. The standard InChI is InChI=1S/C22H20N2O7/c1-13-8-17(14(2)23(13)15-4-6-21-22(9-15)31-12-30-21)19(25)11-29-20-7-5-16(28-3)10-18(20)24(26)27/h4-10H,11-12H2,1-3H3. The number of aromatic nitrogens is 1. The average Bonchev–Trinajstić information content (AvgIpc) is 3.34. The van der Waals surface area contributed by atoms with Crippen molar-refractivity contribution >= 4 is 11.5 Å². The summed E-state index contributed by atoms with van der Waals surface area (Å²) in [6.07, 6.45) is 0. The Morgan fingerprint density at radius 1 is 1.13 bits per heavy atom. The lowest BCUT2D eigenvalue weighted by Crippen LogP contribution is -2.13. The summed E-state index contributed by atoms with van der Waals surface area (Å²) >= 11 is 0. The van der Waals surface area contributed by atoms with Crippen LogP contribution in [0.15, 0.2) is 42.5 Å². The number of methoxy groups -OCH3 is 1. The van der Waals surface area contributed by atoms with Crippen LogP contribution in [0.25, 0.3) is 5.69 Å². The number of carbonyl (C=O) groups excluding carboxylic acids is 1. The van der Waals surface area contributed by atoms with Gasteiger partial charge in [0.2, 0.25) is 12.6 Å². The molecule has 0 fully saturated rings. The number of hydrogen-bond donors (Lipinski definition) is 0. The smallest absolute Gasteiger partial charge is 0.314 e. The number of rotatable bonds is 7. The second-order valence-corrected chi connectivity index (χ2v) is 6.96. The van der Waals surface area contributed by atoms with Gasteiger partial charge in [-0.15, -0.1) is 0 Å². The van der Waals surface area contributed by atoms with Crippen molar-refractivity contribution in [1.29, 1.82) is 0 Å². The summed E-state index contributed by atoms with van der Waals surface area (Å²) in [6, 6.07) is 11.6. The molecule has 160 valence electrons. The molecule has 9 heteroatoms. The maximum absolute atomic E-state index is 12.8. The molecule has 0 amide bonds. The third kappa shape index (κ3) is 3.77. The summed E-state index contributed by atoms with van der Waals surface area (Å²) in [6.45, 7) is 3.57. The van der Waals surface area contributed by atoms with Crippen LogP contribution in [0.3, 0.4) is 0 Å². The predicted molar refractivity (Wildman–Crippen MR) is 111 cm³/mol. The second kappa shape index (κ2) is 8.02. The van der Waals surface area contributed by atoms with E-state index in [1.165, 1.54) is 25.3 Å². The molecule has 0 bridgehead atoms. The lowest BCUT2D eigenvalue weighted by molar-refractivity contribution is -0.385. The molecule has 1 aromatic heterocycles. The topological polar surface area (TPSA) is 102 Å². The van der Waals surface area contributed by atoms with E-state index in [0.717, 1.165) is 17.1 Å². The number of nitrogens with zero attached hydrogens (tertiary/aromatic N) is 2. The molecule has 31 heavy (non-hydrogen) atoms. The Labute approximate surface area is 177 Å². The number of ketones is 1. The Kier molecular flexibility index (Phi) is 5.24. The number of hydrogen-bond acceptors (Lipinski definition) is 7. The van der Waals surface area contributed by atoms with Crippen LogP contribution in [0, 0.1) is 24.0 Å². The molecule has 0 radical (unpaired) electrons. The first kappa shape index (κ1) is 20.3. The summed E-state index contributed by atoms with van der Waals surface area (Å²) in [4.78, 5) is 23.6. The average molecular weight is 424 g/mol. The molecule has 0 saturated carbocycles. The summed E-state index contributed by atoms with van der Waals surface area (Å²) in [7, 11) is 1.42. The van der Waals surface area contributed by atoms with E-state index in [0.29, 0.717) is 22.8 Å². The van der Waals surface area contributed by atoms with E-state index in [1.54, 1.807) is 6.07 Å². The maximum Gasteiger partial charge on any atom is 0.314 e. The highest BCUT2D eigenvalue weighted by atomic mass is 16.7. The summed E-state index contributed by atoms with van der Waals surface area (Å²) in [5.74, 6) is 1.37. The molecule has 3 aromatic rings. The fourth-order valence-corrected chi connectivity index (χ4v) is 3.58. The lowest BCUT2D eigenvalue weighted by Gasteiger charge is -2.11. The summed E-state index contributed by atoms with van der Waals surface area (Å²) in [5.41, 5.74) is 2.64. The Bertz CT molecular complexity index is 1180. The highest BCUT2D eigenvalue weighted by Gasteiger charge is 2.22. The quantitative estimate of drug-likeness (QED) is 0.321. The van der Waals surface area contributed by atoms with Crippen molar-refractivity contribution in [3.05, 3.63) is 69.5 Å². The van der Waals surface area contributed by atoms with Crippen molar-refractivity contribution in [3.63, 3.8) is 0 Å². The zero-order valence-electron chi connectivity index (χ0n) is 17.2. The number of aryl methyl sites for hydroxylation is 1. The first-order valence-electron chi connectivity index (χ1n) is 9.46. The molecule has 0 aliphatic carbocycles. The number of nitro groups is 1. The van der Waals surface area contributed by atoms with Crippen LogP contribution in [0.1, 0.15) is 21.7 Å². The molecule has 0 spiro atoms. The van der Waals surface area contributed by atoms with E-state index in [9.17, 15) is 14.9 Å². The van der Waals surface area contributed by atoms with Crippen molar-refractivity contribution in [2.75, 3.05) is 20.5 Å². The van der Waals surface area contributed by atoms with E-state index in [1.807, 2.05) is 36.6 Å². The fraction of sp³-hybridized carbons (Fsp3) is 0.227. The molecule has 2 heterocycles. The minimum atomic E-state index is -0.576. The number of Topliss-reactive ketones (excluding diaryl/α,β-unsaturated/α-hetero) is 1. The van der Waals surface area contributed by atoms with Crippen LogP contribution in [0.2, 0.25) is 0 Å². The first-order valence-corrected chi connectivity index (χ1v) is 9.46. The van der Waals surface area contributed by atoms with Gasteiger partial charge in [0.25, 0.3) is 0 Å². The lowest BCUT2D eigenvalue weighted by atomic mass is 10.1. The number of ether oxygens (including phenoxy) is 4. The molecule has 1 aliphatic rings. The minimum Gasteiger partial charge on any atom is -0.496 e. The minimum absolute atomic E-state index is 0.00345. The summed E-state index contributed by atoms with van der Waals surface area (Å²) in [5, 5.41) is 11.3. The first-order chi connectivity index (χ1) is 14.9. The molecule has 1 aliphatic heterocycles. The van der Waals surface area contributed by atoms with Crippen LogP contribution in [0.4, 0.5) is 5.69 Å². The Morgan fingerprint density at radius 2 is 1.90 bits per heavy atom. The fourth-order valence-electron chi connectivity index (χ4n) is 3.58. The number of fused-ring (bicyclic) bond motifs is 1. The van der Waals surface area contributed by atoms with Crippen molar-refractivity contribution in [2.24, 2.45) is 0 Å². The molecule has 0 saturated heterocycles. The summed E-state index contributed by atoms with van der Waals surface area (Å²) < 4.78 is 23.2. The third-order valence-corrected chi connectivity index (χ3v) is 5.07. The van der Waals surface area contributed by atoms with Gasteiger partial charge in [0.1, 0.15) is 5.75 Å². The molecule has 0 N–H and O–H groups in total. The van der Waals surface area contributed by atoms with E-state index >= 15 is 0 Å². The number of nitro benzene ring substituents is 1. The van der Waals surface area contributed by atoms with Gasteiger partial charge in [0.15, 0.2) is 23.9 Å². The number of benzene rings is 2. The SMILES string of the molecule is COc1ccc(OCC(=O)c2cc(C)n(-c3ccc4c(c3)OCO4)c2C)c([N+](=O)[O-])c1. The van der Waals surface area contributed by atoms with Crippen molar-refractivity contribution in [1.82, 2.24) is 4.57 Å². The zero-order valence-corrected chi connectivity index (χ0v) is 17.2.